The summed E-state index contributed by atoms with van der Waals surface area (Å²) in [5.74, 6) is 1.72. The Morgan fingerprint density at radius 1 is 0.863 bits per heavy atom. The van der Waals surface area contributed by atoms with Gasteiger partial charge in [-0.25, -0.2) is 24.4 Å². The molecule has 5 N–H and O–H groups in total. The van der Waals surface area contributed by atoms with Gasteiger partial charge in [0.2, 0.25) is 0 Å². The third-order valence-corrected chi connectivity index (χ3v) is 7.89. The van der Waals surface area contributed by atoms with E-state index >= 15 is 0 Å². The fourth-order valence-corrected chi connectivity index (χ4v) is 5.19. The zero-order valence-corrected chi connectivity index (χ0v) is 28.8. The van der Waals surface area contributed by atoms with E-state index in [1.165, 1.54) is 12.4 Å². The second kappa shape index (κ2) is 15.0. The number of urea groups is 1. The van der Waals surface area contributed by atoms with E-state index in [4.69, 9.17) is 14.9 Å². The fraction of sp³-hybridized carbons (Fsp3) is 0.211. The van der Waals surface area contributed by atoms with Crippen molar-refractivity contribution in [2.24, 2.45) is 0 Å². The molecule has 260 valence electrons. The lowest BCUT2D eigenvalue weighted by Gasteiger charge is -2.15. The largest absolute Gasteiger partial charge is 0.488 e. The Morgan fingerprint density at radius 2 is 1.65 bits per heavy atom. The molecule has 0 unspecified atom stereocenters. The van der Waals surface area contributed by atoms with Crippen molar-refractivity contribution in [1.29, 1.82) is 0 Å². The smallest absolute Gasteiger partial charge is 0.324 e. The summed E-state index contributed by atoms with van der Waals surface area (Å²) in [5.41, 5.74) is 4.23. The first-order chi connectivity index (χ1) is 24.6. The van der Waals surface area contributed by atoms with E-state index in [0.717, 1.165) is 33.3 Å². The van der Waals surface area contributed by atoms with Crippen LogP contribution in [0.15, 0.2) is 97.5 Å². The highest BCUT2D eigenvalue weighted by Crippen LogP contribution is 2.33. The number of nitrogens with zero attached hydrogens (tertiary/aromatic N) is 5. The molecule has 0 atom stereocenters. The molecule has 3 heterocycles. The Morgan fingerprint density at radius 3 is 2.37 bits per heavy atom. The van der Waals surface area contributed by atoms with Crippen LogP contribution in [0.4, 0.5) is 27.9 Å². The molecule has 0 saturated heterocycles. The molecule has 13 nitrogen and oxygen atoms in total. The van der Waals surface area contributed by atoms with Crippen LogP contribution < -0.4 is 26.0 Å². The number of pyridine rings is 1. The minimum atomic E-state index is -0.420. The van der Waals surface area contributed by atoms with Gasteiger partial charge in [-0.2, -0.15) is 5.10 Å². The Kier molecular flexibility index (Phi) is 10.2. The summed E-state index contributed by atoms with van der Waals surface area (Å²) in [4.78, 5) is 38.2. The van der Waals surface area contributed by atoms with Crippen LogP contribution in [0.2, 0.25) is 0 Å². The van der Waals surface area contributed by atoms with Crippen LogP contribution in [-0.4, -0.2) is 54.9 Å². The maximum atomic E-state index is 13.4. The SMILES string of the molecule is Cc1ccc(-n2nc(C(C)(C)C)cc2NC(=O)Nc2ccc(OCc3ccnc(Nc4cnc(C(=O)NCCO)cn4)c3)c3ccccc23)cc1. The molecule has 0 aliphatic carbocycles. The molecule has 0 aliphatic heterocycles. The Bertz CT molecular complexity index is 2160. The summed E-state index contributed by atoms with van der Waals surface area (Å²) in [7, 11) is 0. The van der Waals surface area contributed by atoms with Crippen molar-refractivity contribution in [2.75, 3.05) is 29.1 Å². The predicted molar refractivity (Wildman–Crippen MR) is 197 cm³/mol. The van der Waals surface area contributed by atoms with Gasteiger partial charge in [-0.3, -0.25) is 10.1 Å². The minimum absolute atomic E-state index is 0.134. The maximum Gasteiger partial charge on any atom is 0.324 e. The third-order valence-electron chi connectivity index (χ3n) is 7.89. The predicted octanol–water partition coefficient (Wildman–Crippen LogP) is 6.51. The fourth-order valence-electron chi connectivity index (χ4n) is 5.19. The molecule has 13 heteroatoms. The molecule has 0 saturated carbocycles. The van der Waals surface area contributed by atoms with Gasteiger partial charge < -0.3 is 25.8 Å². The Hall–Kier alpha value is -6.34. The van der Waals surface area contributed by atoms with Gasteiger partial charge in [0, 0.05) is 35.0 Å². The van der Waals surface area contributed by atoms with Gasteiger partial charge in [0.05, 0.1) is 36.1 Å². The number of benzene rings is 3. The number of hydrogen-bond donors (Lipinski definition) is 5. The van der Waals surface area contributed by atoms with Crippen molar-refractivity contribution < 1.29 is 19.4 Å². The number of hydrogen-bond acceptors (Lipinski definition) is 9. The van der Waals surface area contributed by atoms with Crippen molar-refractivity contribution >= 4 is 45.9 Å². The van der Waals surface area contributed by atoms with Crippen LogP contribution in [0.25, 0.3) is 16.5 Å². The average Bonchev–Trinajstić information content (AvgIpc) is 3.55. The second-order valence-corrected chi connectivity index (χ2v) is 12.9. The van der Waals surface area contributed by atoms with Gasteiger partial charge in [-0.05, 0) is 48.9 Å². The van der Waals surface area contributed by atoms with Gasteiger partial charge in [-0.1, -0.05) is 62.7 Å². The summed E-state index contributed by atoms with van der Waals surface area (Å²) in [5, 5.41) is 27.0. The summed E-state index contributed by atoms with van der Waals surface area (Å²) in [6.07, 6.45) is 4.44. The van der Waals surface area contributed by atoms with Crippen molar-refractivity contribution in [3.63, 3.8) is 0 Å². The molecular formula is C38H39N9O4. The lowest BCUT2D eigenvalue weighted by molar-refractivity contribution is 0.0939. The van der Waals surface area contributed by atoms with Gasteiger partial charge >= 0.3 is 6.03 Å². The zero-order valence-electron chi connectivity index (χ0n) is 28.8. The van der Waals surface area contributed by atoms with Crippen molar-refractivity contribution in [2.45, 2.75) is 39.7 Å². The monoisotopic (exact) mass is 685 g/mol. The van der Waals surface area contributed by atoms with E-state index < -0.39 is 11.9 Å². The number of fused-ring (bicyclic) bond motifs is 1. The van der Waals surface area contributed by atoms with E-state index in [0.29, 0.717) is 28.9 Å². The van der Waals surface area contributed by atoms with E-state index in [2.05, 4.69) is 57.0 Å². The average molecular weight is 686 g/mol. The molecular weight excluding hydrogens is 646 g/mol. The molecule has 0 radical (unpaired) electrons. The number of nitrogens with one attached hydrogen (secondary N) is 4. The van der Waals surface area contributed by atoms with E-state index in [1.54, 1.807) is 10.9 Å². The van der Waals surface area contributed by atoms with Crippen LogP contribution in [0.3, 0.4) is 0 Å². The maximum absolute atomic E-state index is 13.4. The first kappa shape index (κ1) is 34.5. The Labute approximate surface area is 295 Å². The quantitative estimate of drug-likeness (QED) is 0.102. The first-order valence-electron chi connectivity index (χ1n) is 16.4. The van der Waals surface area contributed by atoms with E-state index in [-0.39, 0.29) is 30.9 Å². The van der Waals surface area contributed by atoms with Crippen LogP contribution in [0.5, 0.6) is 5.75 Å². The topological polar surface area (TPSA) is 168 Å². The van der Waals surface area contributed by atoms with E-state index in [1.807, 2.05) is 85.8 Å². The molecule has 3 amide bonds. The van der Waals surface area contributed by atoms with Crippen LogP contribution >= 0.6 is 0 Å². The molecule has 0 bridgehead atoms. The molecule has 51 heavy (non-hydrogen) atoms. The van der Waals surface area contributed by atoms with Crippen molar-refractivity contribution in [1.82, 2.24) is 30.0 Å². The number of ether oxygens (including phenoxy) is 1. The number of rotatable bonds is 11. The van der Waals surface area contributed by atoms with Crippen LogP contribution in [-0.2, 0) is 12.0 Å². The van der Waals surface area contributed by atoms with Crippen LogP contribution in [0.1, 0.15) is 48.1 Å². The zero-order chi connectivity index (χ0) is 36.0. The molecule has 6 aromatic rings. The number of aliphatic hydroxyl groups excluding tert-OH is 1. The molecule has 3 aromatic carbocycles. The number of anilines is 4. The van der Waals surface area contributed by atoms with E-state index in [9.17, 15) is 9.59 Å². The highest BCUT2D eigenvalue weighted by atomic mass is 16.5. The number of carbonyl (C=O) groups excluding carboxylic acids is 2. The standard InChI is InChI=1S/C38H39N9O4/c1-24-9-11-26(12-10-24)47-35(20-32(46-47)38(2,3)4)45-37(50)43-29-13-14-31(28-8-6-5-7-27(28)29)51-23-25-15-16-39-33(19-25)44-34-22-41-30(21-42-34)36(49)40-17-18-48/h5-16,19-22,48H,17-18,23H2,1-4H3,(H,40,49)(H,39,42,44)(H2,43,45,50). The lowest BCUT2D eigenvalue weighted by atomic mass is 9.92. The number of aromatic nitrogens is 5. The molecule has 3 aromatic heterocycles. The molecule has 0 spiro atoms. The summed E-state index contributed by atoms with van der Waals surface area (Å²) in [6.45, 7) is 8.50. The minimum Gasteiger partial charge on any atom is -0.488 e. The number of aryl methyl sites for hydroxylation is 1. The number of aliphatic hydroxyl groups is 1. The highest BCUT2D eigenvalue weighted by Gasteiger charge is 2.22. The van der Waals surface area contributed by atoms with Gasteiger partial charge in [0.1, 0.15) is 35.5 Å². The van der Waals surface area contributed by atoms with Crippen molar-refractivity contribution in [3.05, 3.63) is 120 Å². The summed E-state index contributed by atoms with van der Waals surface area (Å²) in [6, 6.07) is 24.5. The van der Waals surface area contributed by atoms with Gasteiger partial charge in [-0.15, -0.1) is 0 Å². The lowest BCUT2D eigenvalue weighted by Crippen LogP contribution is -2.27. The Balaban J connectivity index is 1.14. The molecule has 6 rings (SSSR count). The van der Waals surface area contributed by atoms with Gasteiger partial charge in [0.25, 0.3) is 5.91 Å². The summed E-state index contributed by atoms with van der Waals surface area (Å²) >= 11 is 0. The second-order valence-electron chi connectivity index (χ2n) is 12.9. The molecule has 0 aliphatic rings. The van der Waals surface area contributed by atoms with Crippen molar-refractivity contribution in [3.8, 4) is 11.4 Å². The molecule has 0 fully saturated rings. The number of amides is 3. The normalized spacial score (nSPS) is 11.2. The first-order valence-corrected chi connectivity index (χ1v) is 16.4. The van der Waals surface area contributed by atoms with Gasteiger partial charge in [0.15, 0.2) is 0 Å². The summed E-state index contributed by atoms with van der Waals surface area (Å²) < 4.78 is 8.01. The highest BCUT2D eigenvalue weighted by molar-refractivity contribution is 6.07. The van der Waals surface area contributed by atoms with Crippen LogP contribution in [0, 0.1) is 6.92 Å². The third kappa shape index (κ3) is 8.46. The number of carbonyl (C=O) groups is 2.